The molecule has 0 atom stereocenters. The lowest BCUT2D eigenvalue weighted by Crippen LogP contribution is -2.47. The summed E-state index contributed by atoms with van der Waals surface area (Å²) in [6.45, 7) is 1.09. The number of nitrogens with one attached hydrogen (secondary N) is 1. The van der Waals surface area contributed by atoms with Gasteiger partial charge in [0.25, 0.3) is 11.8 Å². The van der Waals surface area contributed by atoms with Gasteiger partial charge >= 0.3 is 0 Å². The Balaban J connectivity index is 1.45. The molecule has 1 fully saturated rings. The number of halogens is 1. The number of carbonyl (C=O) groups excluding carboxylic acids is 2. The fourth-order valence-electron chi connectivity index (χ4n) is 3.18. The van der Waals surface area contributed by atoms with Crippen LogP contribution in [0.1, 0.15) is 23.2 Å². The summed E-state index contributed by atoms with van der Waals surface area (Å²) in [7, 11) is 1.56. The van der Waals surface area contributed by atoms with Crippen LogP contribution in [0, 0.1) is 0 Å². The second kappa shape index (κ2) is 9.46. The summed E-state index contributed by atoms with van der Waals surface area (Å²) in [5.41, 5.74) is 0.584. The third-order valence-corrected chi connectivity index (χ3v) is 4.88. The van der Waals surface area contributed by atoms with E-state index < -0.39 is 0 Å². The maximum atomic E-state index is 12.5. The molecule has 2 aromatic rings. The Morgan fingerprint density at radius 3 is 2.50 bits per heavy atom. The molecule has 0 spiro atoms. The second-order valence-corrected chi connectivity index (χ2v) is 7.02. The van der Waals surface area contributed by atoms with Gasteiger partial charge in [0, 0.05) is 29.7 Å². The van der Waals surface area contributed by atoms with E-state index in [4.69, 9.17) is 21.1 Å². The lowest BCUT2D eigenvalue weighted by atomic mass is 10.0. The quantitative estimate of drug-likeness (QED) is 0.806. The van der Waals surface area contributed by atoms with Crippen molar-refractivity contribution in [1.82, 2.24) is 10.2 Å². The summed E-state index contributed by atoms with van der Waals surface area (Å²) < 4.78 is 10.7. The Morgan fingerprint density at radius 2 is 1.82 bits per heavy atom. The third kappa shape index (κ3) is 5.16. The van der Waals surface area contributed by atoms with Crippen molar-refractivity contribution in [2.45, 2.75) is 18.9 Å². The molecule has 1 heterocycles. The molecule has 0 saturated carbocycles. The number of para-hydroxylation sites is 2. The second-order valence-electron chi connectivity index (χ2n) is 6.58. The molecule has 0 aliphatic carbocycles. The van der Waals surface area contributed by atoms with Gasteiger partial charge in [-0.3, -0.25) is 9.59 Å². The highest BCUT2D eigenvalue weighted by molar-refractivity contribution is 6.30. The molecule has 148 valence electrons. The summed E-state index contributed by atoms with van der Waals surface area (Å²) in [5, 5.41) is 3.52. The first-order valence-corrected chi connectivity index (χ1v) is 9.54. The maximum Gasteiger partial charge on any atom is 0.258 e. The Labute approximate surface area is 169 Å². The van der Waals surface area contributed by atoms with Crippen LogP contribution in [-0.4, -0.2) is 49.6 Å². The van der Waals surface area contributed by atoms with Gasteiger partial charge in [0.2, 0.25) is 0 Å². The largest absolute Gasteiger partial charge is 0.493 e. The van der Waals surface area contributed by atoms with Crippen LogP contribution in [0.3, 0.4) is 0 Å². The number of hydrogen-bond donors (Lipinski definition) is 1. The predicted octanol–water partition coefficient (Wildman–Crippen LogP) is 3.15. The zero-order chi connectivity index (χ0) is 19.9. The first kappa shape index (κ1) is 20.0. The van der Waals surface area contributed by atoms with Gasteiger partial charge in [0.15, 0.2) is 18.1 Å². The van der Waals surface area contributed by atoms with Gasteiger partial charge in [-0.15, -0.1) is 0 Å². The van der Waals surface area contributed by atoms with Crippen LogP contribution in [0.5, 0.6) is 11.5 Å². The van der Waals surface area contributed by atoms with Crippen molar-refractivity contribution < 1.29 is 19.1 Å². The molecule has 2 aromatic carbocycles. The van der Waals surface area contributed by atoms with Crippen LogP contribution < -0.4 is 14.8 Å². The lowest BCUT2D eigenvalue weighted by molar-refractivity contribution is -0.124. The van der Waals surface area contributed by atoms with Gasteiger partial charge in [-0.1, -0.05) is 29.8 Å². The number of likely N-dealkylation sites (tertiary alicyclic amines) is 1. The third-order valence-electron chi connectivity index (χ3n) is 4.65. The minimum atomic E-state index is -0.189. The Bertz CT molecular complexity index is 835. The molecular formula is C21H23ClN2O4. The molecular weight excluding hydrogens is 380 g/mol. The number of amides is 2. The van der Waals surface area contributed by atoms with E-state index in [0.29, 0.717) is 48.0 Å². The Hall–Kier alpha value is -2.73. The first-order valence-electron chi connectivity index (χ1n) is 9.17. The fourth-order valence-corrected chi connectivity index (χ4v) is 3.37. The lowest BCUT2D eigenvalue weighted by Gasteiger charge is -2.32. The highest BCUT2D eigenvalue weighted by Crippen LogP contribution is 2.25. The molecule has 2 amide bonds. The highest BCUT2D eigenvalue weighted by Gasteiger charge is 2.24. The fraction of sp³-hybridized carbons (Fsp3) is 0.333. The van der Waals surface area contributed by atoms with Gasteiger partial charge in [0.1, 0.15) is 0 Å². The van der Waals surface area contributed by atoms with Gasteiger partial charge in [-0.2, -0.15) is 0 Å². The van der Waals surface area contributed by atoms with Crippen molar-refractivity contribution in [2.75, 3.05) is 26.8 Å². The van der Waals surface area contributed by atoms with Crippen molar-refractivity contribution in [3.8, 4) is 11.5 Å². The van der Waals surface area contributed by atoms with Crippen molar-refractivity contribution in [2.24, 2.45) is 0 Å². The minimum absolute atomic E-state index is 0.0252. The van der Waals surface area contributed by atoms with E-state index in [1.807, 2.05) is 12.1 Å². The number of rotatable bonds is 6. The van der Waals surface area contributed by atoms with Crippen LogP contribution in [0.15, 0.2) is 48.5 Å². The summed E-state index contributed by atoms with van der Waals surface area (Å²) >= 11 is 5.96. The number of piperidine rings is 1. The van der Waals surface area contributed by atoms with Crippen LogP contribution in [-0.2, 0) is 4.79 Å². The Kier molecular flexibility index (Phi) is 6.76. The summed E-state index contributed by atoms with van der Waals surface area (Å²) in [6.07, 6.45) is 1.40. The SMILES string of the molecule is COc1ccccc1OCC(=O)NC1CCN(C(=O)c2cccc(Cl)c2)CC1. The highest BCUT2D eigenvalue weighted by atomic mass is 35.5. The van der Waals surface area contributed by atoms with Crippen LogP contribution >= 0.6 is 11.6 Å². The molecule has 6 nitrogen and oxygen atoms in total. The molecule has 0 unspecified atom stereocenters. The molecule has 1 N–H and O–H groups in total. The molecule has 1 aliphatic heterocycles. The average Bonchev–Trinajstić information content (AvgIpc) is 2.72. The number of ether oxygens (including phenoxy) is 2. The monoisotopic (exact) mass is 402 g/mol. The van der Waals surface area contributed by atoms with Gasteiger partial charge < -0.3 is 19.7 Å². The summed E-state index contributed by atoms with van der Waals surface area (Å²) in [6, 6.07) is 14.2. The summed E-state index contributed by atoms with van der Waals surface area (Å²) in [4.78, 5) is 26.5. The Morgan fingerprint density at radius 1 is 1.11 bits per heavy atom. The number of carbonyl (C=O) groups is 2. The number of hydrogen-bond acceptors (Lipinski definition) is 4. The number of benzene rings is 2. The molecule has 1 saturated heterocycles. The van der Waals surface area contributed by atoms with E-state index in [2.05, 4.69) is 5.32 Å². The van der Waals surface area contributed by atoms with Gasteiger partial charge in [0.05, 0.1) is 7.11 Å². The molecule has 7 heteroatoms. The van der Waals surface area contributed by atoms with E-state index in [1.54, 1.807) is 48.4 Å². The number of methoxy groups -OCH3 is 1. The van der Waals surface area contributed by atoms with E-state index in [-0.39, 0.29) is 24.5 Å². The van der Waals surface area contributed by atoms with E-state index >= 15 is 0 Å². The number of nitrogens with zero attached hydrogens (tertiary/aromatic N) is 1. The van der Waals surface area contributed by atoms with E-state index in [9.17, 15) is 9.59 Å². The van der Waals surface area contributed by atoms with Crippen LogP contribution in [0.4, 0.5) is 0 Å². The maximum absolute atomic E-state index is 12.5. The molecule has 1 aliphatic rings. The molecule has 0 bridgehead atoms. The van der Waals surface area contributed by atoms with Gasteiger partial charge in [-0.25, -0.2) is 0 Å². The van der Waals surface area contributed by atoms with Crippen molar-refractivity contribution in [3.63, 3.8) is 0 Å². The van der Waals surface area contributed by atoms with E-state index in [1.165, 1.54) is 0 Å². The summed E-state index contributed by atoms with van der Waals surface area (Å²) in [5.74, 6) is 0.891. The van der Waals surface area contributed by atoms with Crippen LogP contribution in [0.2, 0.25) is 5.02 Å². The zero-order valence-electron chi connectivity index (χ0n) is 15.7. The van der Waals surface area contributed by atoms with Gasteiger partial charge in [-0.05, 0) is 43.2 Å². The van der Waals surface area contributed by atoms with Crippen molar-refractivity contribution in [3.05, 3.63) is 59.1 Å². The molecule has 0 aromatic heterocycles. The minimum Gasteiger partial charge on any atom is -0.493 e. The van der Waals surface area contributed by atoms with Crippen molar-refractivity contribution in [1.29, 1.82) is 0 Å². The molecule has 3 rings (SSSR count). The van der Waals surface area contributed by atoms with Crippen molar-refractivity contribution >= 4 is 23.4 Å². The average molecular weight is 403 g/mol. The topological polar surface area (TPSA) is 67.9 Å². The normalized spacial score (nSPS) is 14.4. The molecule has 0 radical (unpaired) electrons. The molecule has 28 heavy (non-hydrogen) atoms. The predicted molar refractivity (Wildman–Crippen MR) is 107 cm³/mol. The first-order chi connectivity index (χ1) is 13.6. The van der Waals surface area contributed by atoms with E-state index in [0.717, 1.165) is 0 Å². The standard InChI is InChI=1S/C21H23ClN2O4/c1-27-18-7-2-3-8-19(18)28-14-20(25)23-17-9-11-24(12-10-17)21(26)15-5-4-6-16(22)13-15/h2-8,13,17H,9-12,14H2,1H3,(H,23,25). The smallest absolute Gasteiger partial charge is 0.258 e. The van der Waals surface area contributed by atoms with Crippen LogP contribution in [0.25, 0.3) is 0 Å². The zero-order valence-corrected chi connectivity index (χ0v) is 16.4.